The topological polar surface area (TPSA) is 79.5 Å². The molecule has 0 radical (unpaired) electrons. The summed E-state index contributed by atoms with van der Waals surface area (Å²) in [6.07, 6.45) is 1.50. The molecule has 0 aliphatic rings. The van der Waals surface area contributed by atoms with Gasteiger partial charge < -0.3 is 14.8 Å². The van der Waals surface area contributed by atoms with E-state index in [0.29, 0.717) is 6.42 Å². The fourth-order valence-electron chi connectivity index (χ4n) is 1.51. The van der Waals surface area contributed by atoms with Crippen LogP contribution < -0.4 is 5.32 Å². The lowest BCUT2D eigenvalue weighted by molar-refractivity contribution is -0.138. The molecule has 0 aliphatic carbocycles. The quantitative estimate of drug-likeness (QED) is 0.818. The van der Waals surface area contributed by atoms with Crippen LogP contribution in [0.3, 0.4) is 0 Å². The van der Waals surface area contributed by atoms with Gasteiger partial charge in [-0.05, 0) is 25.0 Å². The molecular weight excluding hydrogens is 222 g/mol. The summed E-state index contributed by atoms with van der Waals surface area (Å²) in [5, 5.41) is 11.0. The maximum absolute atomic E-state index is 11.7. The fraction of sp³-hybridized carbons (Fsp3) is 0.500. The monoisotopic (exact) mass is 239 g/mol. The van der Waals surface area contributed by atoms with E-state index in [1.54, 1.807) is 6.07 Å². The molecule has 1 aromatic heterocycles. The Balaban J connectivity index is 2.82. The number of carboxylic acid groups (broad SMARTS) is 1. The molecule has 0 fully saturated rings. The van der Waals surface area contributed by atoms with Crippen LogP contribution in [-0.4, -0.2) is 23.0 Å². The van der Waals surface area contributed by atoms with Gasteiger partial charge in [0.2, 0.25) is 0 Å². The van der Waals surface area contributed by atoms with E-state index in [1.807, 2.05) is 13.8 Å². The van der Waals surface area contributed by atoms with E-state index >= 15 is 0 Å². The molecule has 0 aromatic carbocycles. The first kappa shape index (κ1) is 13.3. The van der Waals surface area contributed by atoms with Gasteiger partial charge in [0.1, 0.15) is 11.8 Å². The number of rotatable bonds is 5. The molecule has 1 unspecified atom stereocenters. The molecule has 5 nitrogen and oxygen atoms in total. The highest BCUT2D eigenvalue weighted by Gasteiger charge is 2.19. The number of aliphatic carboxylic acids is 1. The second kappa shape index (κ2) is 5.52. The van der Waals surface area contributed by atoms with Gasteiger partial charge in [0.05, 0.1) is 0 Å². The number of hydrogen-bond acceptors (Lipinski definition) is 3. The highest BCUT2D eigenvalue weighted by atomic mass is 16.4. The third-order valence-electron chi connectivity index (χ3n) is 2.54. The number of carboxylic acids is 1. The summed E-state index contributed by atoms with van der Waals surface area (Å²) >= 11 is 0. The number of carbonyl (C=O) groups is 2. The summed E-state index contributed by atoms with van der Waals surface area (Å²) in [5.41, 5.74) is 0.987. The van der Waals surface area contributed by atoms with Crippen molar-refractivity contribution in [2.75, 3.05) is 0 Å². The van der Waals surface area contributed by atoms with Gasteiger partial charge in [0.25, 0.3) is 5.91 Å². The first-order valence-corrected chi connectivity index (χ1v) is 5.64. The Bertz CT molecular complexity index is 401. The first-order chi connectivity index (χ1) is 7.99. The Morgan fingerprint density at radius 1 is 1.41 bits per heavy atom. The van der Waals surface area contributed by atoms with E-state index in [-0.39, 0.29) is 5.76 Å². The van der Waals surface area contributed by atoms with E-state index in [1.165, 1.54) is 6.92 Å². The summed E-state index contributed by atoms with van der Waals surface area (Å²) in [6.45, 7) is 5.33. The van der Waals surface area contributed by atoms with Gasteiger partial charge >= 0.3 is 5.97 Å². The van der Waals surface area contributed by atoms with Crippen molar-refractivity contribution in [1.82, 2.24) is 5.32 Å². The summed E-state index contributed by atoms with van der Waals surface area (Å²) in [7, 11) is 0. The van der Waals surface area contributed by atoms with Crippen LogP contribution in [0.2, 0.25) is 0 Å². The molecule has 5 heteroatoms. The summed E-state index contributed by atoms with van der Waals surface area (Å²) in [6, 6.07) is 0.741. The minimum Gasteiger partial charge on any atom is -0.480 e. The Kier molecular flexibility index (Phi) is 4.31. The zero-order chi connectivity index (χ0) is 13.0. The standard InChI is InChI=1S/C12H17NO4/c1-4-8-6-10(17-9(8)5-2)11(14)13-7(3)12(15)16/h6-7H,4-5H2,1-3H3,(H,13,14)(H,15,16). The Morgan fingerprint density at radius 2 is 2.06 bits per heavy atom. The van der Waals surface area contributed by atoms with Gasteiger partial charge in [-0.25, -0.2) is 0 Å². The highest BCUT2D eigenvalue weighted by molar-refractivity contribution is 5.94. The van der Waals surface area contributed by atoms with Gasteiger partial charge in [-0.3, -0.25) is 9.59 Å². The second-order valence-electron chi connectivity index (χ2n) is 3.80. The molecule has 94 valence electrons. The number of aryl methyl sites for hydroxylation is 2. The maximum atomic E-state index is 11.7. The third-order valence-corrected chi connectivity index (χ3v) is 2.54. The summed E-state index contributed by atoms with van der Waals surface area (Å²) < 4.78 is 5.39. The number of carbonyl (C=O) groups excluding carboxylic acids is 1. The zero-order valence-corrected chi connectivity index (χ0v) is 10.2. The lowest BCUT2D eigenvalue weighted by atomic mass is 10.1. The summed E-state index contributed by atoms with van der Waals surface area (Å²) in [5.74, 6) is -0.613. The fourth-order valence-corrected chi connectivity index (χ4v) is 1.51. The molecule has 0 spiro atoms. The number of amides is 1. The lowest BCUT2D eigenvalue weighted by Crippen LogP contribution is -2.38. The van der Waals surface area contributed by atoms with Gasteiger partial charge in [0, 0.05) is 6.42 Å². The van der Waals surface area contributed by atoms with Crippen molar-refractivity contribution >= 4 is 11.9 Å². The largest absolute Gasteiger partial charge is 0.480 e. The number of nitrogens with one attached hydrogen (secondary N) is 1. The van der Waals surface area contributed by atoms with Crippen molar-refractivity contribution in [2.24, 2.45) is 0 Å². The second-order valence-corrected chi connectivity index (χ2v) is 3.80. The molecule has 1 aromatic rings. The predicted octanol–water partition coefficient (Wildman–Crippen LogP) is 1.61. The van der Waals surface area contributed by atoms with E-state index < -0.39 is 17.9 Å². The normalized spacial score (nSPS) is 12.2. The molecule has 1 heterocycles. The molecule has 0 bridgehead atoms. The van der Waals surface area contributed by atoms with Gasteiger partial charge in [-0.2, -0.15) is 0 Å². The molecular formula is C12H17NO4. The van der Waals surface area contributed by atoms with E-state index in [9.17, 15) is 9.59 Å². The van der Waals surface area contributed by atoms with Crippen LogP contribution in [0.15, 0.2) is 10.5 Å². The van der Waals surface area contributed by atoms with Crippen LogP contribution in [0.25, 0.3) is 0 Å². The van der Waals surface area contributed by atoms with Gasteiger partial charge in [-0.1, -0.05) is 13.8 Å². The molecule has 1 amide bonds. The van der Waals surface area contributed by atoms with Crippen LogP contribution in [-0.2, 0) is 17.6 Å². The highest BCUT2D eigenvalue weighted by Crippen LogP contribution is 2.16. The number of furan rings is 1. The molecule has 2 N–H and O–H groups in total. The van der Waals surface area contributed by atoms with E-state index in [4.69, 9.17) is 9.52 Å². The van der Waals surface area contributed by atoms with Crippen LogP contribution >= 0.6 is 0 Å². The van der Waals surface area contributed by atoms with Crippen molar-refractivity contribution in [3.63, 3.8) is 0 Å². The van der Waals surface area contributed by atoms with Crippen LogP contribution in [0.5, 0.6) is 0 Å². The van der Waals surface area contributed by atoms with Gasteiger partial charge in [-0.15, -0.1) is 0 Å². The summed E-state index contributed by atoms with van der Waals surface area (Å²) in [4.78, 5) is 22.3. The Morgan fingerprint density at radius 3 is 2.47 bits per heavy atom. The minimum absolute atomic E-state index is 0.173. The number of hydrogen-bond donors (Lipinski definition) is 2. The lowest BCUT2D eigenvalue weighted by Gasteiger charge is -2.06. The predicted molar refractivity (Wildman–Crippen MR) is 62.0 cm³/mol. The van der Waals surface area contributed by atoms with Crippen molar-refractivity contribution in [1.29, 1.82) is 0 Å². The zero-order valence-electron chi connectivity index (χ0n) is 10.2. The van der Waals surface area contributed by atoms with Crippen LogP contribution in [0.4, 0.5) is 0 Å². The molecule has 1 atom stereocenters. The molecule has 0 aliphatic heterocycles. The molecule has 17 heavy (non-hydrogen) atoms. The van der Waals surface area contributed by atoms with Crippen molar-refractivity contribution < 1.29 is 19.1 Å². The first-order valence-electron chi connectivity index (χ1n) is 5.64. The minimum atomic E-state index is -1.07. The van der Waals surface area contributed by atoms with E-state index in [0.717, 1.165) is 17.7 Å². The molecule has 0 saturated heterocycles. The maximum Gasteiger partial charge on any atom is 0.325 e. The van der Waals surface area contributed by atoms with Crippen LogP contribution in [0.1, 0.15) is 42.6 Å². The van der Waals surface area contributed by atoms with Crippen molar-refractivity contribution in [3.05, 3.63) is 23.2 Å². The average Bonchev–Trinajstić information content (AvgIpc) is 2.71. The molecule has 0 saturated carbocycles. The van der Waals surface area contributed by atoms with Crippen LogP contribution in [0, 0.1) is 0 Å². The van der Waals surface area contributed by atoms with Crippen molar-refractivity contribution in [3.8, 4) is 0 Å². The average molecular weight is 239 g/mol. The third kappa shape index (κ3) is 3.09. The van der Waals surface area contributed by atoms with Crippen molar-refractivity contribution in [2.45, 2.75) is 39.7 Å². The van der Waals surface area contributed by atoms with E-state index in [2.05, 4.69) is 5.32 Å². The molecule has 1 rings (SSSR count). The Hall–Kier alpha value is -1.78. The Labute approximate surface area is 99.8 Å². The SMILES string of the molecule is CCc1cc(C(=O)NC(C)C(=O)O)oc1CC. The van der Waals surface area contributed by atoms with Gasteiger partial charge in [0.15, 0.2) is 5.76 Å². The smallest absolute Gasteiger partial charge is 0.325 e.